The van der Waals surface area contributed by atoms with Gasteiger partial charge in [-0.3, -0.25) is 0 Å². The minimum absolute atomic E-state index is 0.0462. The molecule has 70 valence electrons. The van der Waals surface area contributed by atoms with E-state index in [0.717, 1.165) is 6.07 Å². The van der Waals surface area contributed by atoms with Crippen LogP contribution in [0.3, 0.4) is 0 Å². The summed E-state index contributed by atoms with van der Waals surface area (Å²) in [6.07, 6.45) is -0.0462. The van der Waals surface area contributed by atoms with Crippen molar-refractivity contribution in [1.29, 1.82) is 5.26 Å². The summed E-state index contributed by atoms with van der Waals surface area (Å²) in [4.78, 5) is 0. The molecule has 0 spiro atoms. The van der Waals surface area contributed by atoms with Crippen molar-refractivity contribution in [2.75, 3.05) is 5.73 Å². The monoisotopic (exact) mass is 192 g/mol. The van der Waals surface area contributed by atoms with Crippen molar-refractivity contribution in [3.05, 3.63) is 29.3 Å². The molecule has 0 heterocycles. The van der Waals surface area contributed by atoms with Crippen molar-refractivity contribution in [1.82, 2.24) is 0 Å². The Kier molecular flexibility index (Phi) is 3.04. The van der Waals surface area contributed by atoms with Crippen molar-refractivity contribution < 1.29 is 8.78 Å². The molecular weight excluding hydrogens is 186 g/mol. The van der Waals surface area contributed by atoms with Crippen LogP contribution in [0.1, 0.15) is 12.0 Å². The Balaban J connectivity index is 3.16. The summed E-state index contributed by atoms with van der Waals surface area (Å²) < 4.78 is 25.8. The quantitative estimate of drug-likeness (QED) is 0.503. The van der Waals surface area contributed by atoms with Crippen molar-refractivity contribution in [2.24, 2.45) is 0 Å². The second-order valence-electron chi connectivity index (χ2n) is 2.46. The molecule has 0 atom stereocenters. The highest BCUT2D eigenvalue weighted by atomic mass is 19.2. The van der Waals surface area contributed by atoms with Gasteiger partial charge in [-0.25, -0.2) is 8.78 Å². The first-order valence-corrected chi connectivity index (χ1v) is 3.76. The molecule has 0 amide bonds. The number of hydrogen-bond donors (Lipinski definition) is 1. The highest BCUT2D eigenvalue weighted by molar-refractivity contribution is 5.56. The number of benzene rings is 1. The Bertz CT molecular complexity index is 450. The van der Waals surface area contributed by atoms with Gasteiger partial charge in [0.25, 0.3) is 0 Å². The number of rotatable bonds is 0. The Morgan fingerprint density at radius 3 is 2.71 bits per heavy atom. The number of anilines is 1. The van der Waals surface area contributed by atoms with Crippen LogP contribution >= 0.6 is 0 Å². The summed E-state index contributed by atoms with van der Waals surface area (Å²) in [5.41, 5.74) is 5.25. The van der Waals surface area contributed by atoms with E-state index in [4.69, 9.17) is 11.0 Å². The van der Waals surface area contributed by atoms with Gasteiger partial charge < -0.3 is 5.73 Å². The Morgan fingerprint density at radius 1 is 1.36 bits per heavy atom. The highest BCUT2D eigenvalue weighted by Gasteiger charge is 2.08. The summed E-state index contributed by atoms with van der Waals surface area (Å²) in [7, 11) is 0. The van der Waals surface area contributed by atoms with Gasteiger partial charge in [0, 0.05) is 0 Å². The fourth-order valence-electron chi connectivity index (χ4n) is 0.865. The first kappa shape index (κ1) is 10.0. The predicted octanol–water partition coefficient (Wildman–Crippen LogP) is 1.81. The molecule has 0 unspecified atom stereocenters. The van der Waals surface area contributed by atoms with E-state index in [1.54, 1.807) is 6.07 Å². The normalized spacial score (nSPS) is 8.64. The van der Waals surface area contributed by atoms with Gasteiger partial charge in [-0.05, 0) is 12.1 Å². The maximum atomic E-state index is 13.0. The Labute approximate surface area is 80.0 Å². The third kappa shape index (κ3) is 1.99. The van der Waals surface area contributed by atoms with Crippen LogP contribution < -0.4 is 5.73 Å². The van der Waals surface area contributed by atoms with E-state index in [-0.39, 0.29) is 17.7 Å². The van der Waals surface area contributed by atoms with Gasteiger partial charge >= 0.3 is 0 Å². The van der Waals surface area contributed by atoms with Crippen LogP contribution in [0, 0.1) is 34.8 Å². The predicted molar refractivity (Wildman–Crippen MR) is 47.9 cm³/mol. The lowest BCUT2D eigenvalue weighted by Crippen LogP contribution is -1.96. The van der Waals surface area contributed by atoms with Gasteiger partial charge in [0.1, 0.15) is 0 Å². The number of nitriles is 1. The molecule has 0 bridgehead atoms. The van der Waals surface area contributed by atoms with E-state index in [1.165, 1.54) is 6.07 Å². The van der Waals surface area contributed by atoms with Crippen LogP contribution in [-0.2, 0) is 0 Å². The molecule has 0 radical (unpaired) electrons. The van der Waals surface area contributed by atoms with Crippen LogP contribution in [0.4, 0.5) is 14.5 Å². The lowest BCUT2D eigenvalue weighted by Gasteiger charge is -1.99. The summed E-state index contributed by atoms with van der Waals surface area (Å²) in [6, 6.07) is 3.92. The van der Waals surface area contributed by atoms with Crippen molar-refractivity contribution in [3.8, 4) is 17.9 Å². The Morgan fingerprint density at radius 2 is 2.07 bits per heavy atom. The number of nitrogens with zero attached hydrogens (tertiary/aromatic N) is 1. The molecule has 1 rings (SSSR count). The molecule has 0 saturated heterocycles. The summed E-state index contributed by atoms with van der Waals surface area (Å²) in [5, 5.41) is 8.19. The maximum Gasteiger partial charge on any atom is 0.176 e. The van der Waals surface area contributed by atoms with Crippen molar-refractivity contribution in [2.45, 2.75) is 6.42 Å². The van der Waals surface area contributed by atoms with Gasteiger partial charge in [-0.2, -0.15) is 5.26 Å². The minimum Gasteiger partial charge on any atom is -0.398 e. The maximum absolute atomic E-state index is 13.0. The van der Waals surface area contributed by atoms with E-state index in [2.05, 4.69) is 11.8 Å². The molecule has 14 heavy (non-hydrogen) atoms. The van der Waals surface area contributed by atoms with Gasteiger partial charge in [0.05, 0.1) is 23.7 Å². The second kappa shape index (κ2) is 4.25. The number of nitrogens with two attached hydrogens (primary N) is 1. The molecule has 0 aliphatic carbocycles. The van der Waals surface area contributed by atoms with Gasteiger partial charge in [-0.15, -0.1) is 0 Å². The number of nitrogen functional groups attached to an aromatic ring is 1. The smallest absolute Gasteiger partial charge is 0.176 e. The molecule has 0 fully saturated rings. The standard InChI is InChI=1S/C10H6F2N2/c11-8-4-5-9(14)7(10(8)12)3-1-2-6-13/h4-5H,2,14H2. The van der Waals surface area contributed by atoms with Crippen molar-refractivity contribution >= 4 is 5.69 Å². The lowest BCUT2D eigenvalue weighted by molar-refractivity contribution is 0.507. The molecule has 1 aromatic carbocycles. The zero-order valence-electron chi connectivity index (χ0n) is 7.14. The van der Waals surface area contributed by atoms with Gasteiger partial charge in [-0.1, -0.05) is 11.8 Å². The second-order valence-corrected chi connectivity index (χ2v) is 2.46. The molecule has 4 heteroatoms. The van der Waals surface area contributed by atoms with Crippen LogP contribution in [0.2, 0.25) is 0 Å². The van der Waals surface area contributed by atoms with E-state index >= 15 is 0 Å². The van der Waals surface area contributed by atoms with Gasteiger partial charge in [0.15, 0.2) is 11.6 Å². The topological polar surface area (TPSA) is 49.8 Å². The average molecular weight is 192 g/mol. The molecule has 1 aromatic rings. The van der Waals surface area contributed by atoms with E-state index in [1.807, 2.05) is 0 Å². The first-order valence-electron chi connectivity index (χ1n) is 3.76. The zero-order valence-corrected chi connectivity index (χ0v) is 7.14. The lowest BCUT2D eigenvalue weighted by atomic mass is 10.1. The van der Waals surface area contributed by atoms with Crippen molar-refractivity contribution in [3.63, 3.8) is 0 Å². The number of hydrogen-bond acceptors (Lipinski definition) is 2. The molecule has 2 N–H and O–H groups in total. The van der Waals surface area contributed by atoms with Crippen LogP contribution in [-0.4, -0.2) is 0 Å². The largest absolute Gasteiger partial charge is 0.398 e. The molecule has 0 aliphatic heterocycles. The van der Waals surface area contributed by atoms with Crippen LogP contribution in [0.5, 0.6) is 0 Å². The molecular formula is C10H6F2N2. The number of halogens is 2. The highest BCUT2D eigenvalue weighted by Crippen LogP contribution is 2.17. The summed E-state index contributed by atoms with van der Waals surface area (Å²) >= 11 is 0. The third-order valence-corrected chi connectivity index (χ3v) is 1.51. The van der Waals surface area contributed by atoms with Gasteiger partial charge in [0.2, 0.25) is 0 Å². The first-order chi connectivity index (χ1) is 6.66. The Hall–Kier alpha value is -2.07. The van der Waals surface area contributed by atoms with E-state index in [0.29, 0.717) is 0 Å². The summed E-state index contributed by atoms with van der Waals surface area (Å²) in [6.45, 7) is 0. The average Bonchev–Trinajstić information content (AvgIpc) is 2.18. The van der Waals surface area contributed by atoms with Crippen LogP contribution in [0.25, 0.3) is 0 Å². The fourth-order valence-corrected chi connectivity index (χ4v) is 0.865. The third-order valence-electron chi connectivity index (χ3n) is 1.51. The zero-order chi connectivity index (χ0) is 10.6. The molecule has 2 nitrogen and oxygen atoms in total. The van der Waals surface area contributed by atoms with E-state index in [9.17, 15) is 8.78 Å². The molecule has 0 saturated carbocycles. The summed E-state index contributed by atoms with van der Waals surface area (Å²) in [5.74, 6) is 2.60. The van der Waals surface area contributed by atoms with E-state index < -0.39 is 11.6 Å². The minimum atomic E-state index is -1.07. The SMILES string of the molecule is N#CCC#Cc1c(N)ccc(F)c1F. The molecule has 0 aromatic heterocycles. The van der Waals surface area contributed by atoms with Crippen LogP contribution in [0.15, 0.2) is 12.1 Å². The molecule has 0 aliphatic rings. The fraction of sp³-hybridized carbons (Fsp3) is 0.100.